The Morgan fingerprint density at radius 3 is 2.57 bits per heavy atom. The van der Waals surface area contributed by atoms with Crippen molar-refractivity contribution >= 4 is 0 Å². The predicted molar refractivity (Wildman–Crippen MR) is 76.6 cm³/mol. The molecule has 1 heterocycles. The zero-order valence-electron chi connectivity index (χ0n) is 12.2. The minimum absolute atomic E-state index is 0.134. The summed E-state index contributed by atoms with van der Waals surface area (Å²) in [4.78, 5) is 0. The van der Waals surface area contributed by atoms with Gasteiger partial charge in [-0.15, -0.1) is 0 Å². The predicted octanol–water partition coefficient (Wildman–Crippen LogP) is 0.144. The SMILES string of the molecule is O[C@@H]1[C@@H](O)[C@@H](O)C(CF)=C[C@H]1NCCCC1CCOCC1. The highest BCUT2D eigenvalue weighted by molar-refractivity contribution is 5.21. The molecule has 0 aromatic rings. The Bertz CT molecular complexity index is 347. The van der Waals surface area contributed by atoms with Crippen molar-refractivity contribution in [1.82, 2.24) is 5.32 Å². The number of halogens is 1. The fourth-order valence-electron chi connectivity index (χ4n) is 3.04. The van der Waals surface area contributed by atoms with Gasteiger partial charge in [0.25, 0.3) is 0 Å². The van der Waals surface area contributed by atoms with E-state index < -0.39 is 31.0 Å². The van der Waals surface area contributed by atoms with E-state index in [1.807, 2.05) is 0 Å². The molecule has 21 heavy (non-hydrogen) atoms. The lowest BCUT2D eigenvalue weighted by Crippen LogP contribution is -2.54. The number of rotatable bonds is 6. The van der Waals surface area contributed by atoms with E-state index in [4.69, 9.17) is 4.74 Å². The highest BCUT2D eigenvalue weighted by Crippen LogP contribution is 2.22. The molecule has 0 bridgehead atoms. The summed E-state index contributed by atoms with van der Waals surface area (Å²) in [6.45, 7) is 1.56. The van der Waals surface area contributed by atoms with E-state index in [0.29, 0.717) is 12.5 Å². The van der Waals surface area contributed by atoms with Gasteiger partial charge in [-0.2, -0.15) is 0 Å². The van der Waals surface area contributed by atoms with Crippen molar-refractivity contribution in [3.05, 3.63) is 11.6 Å². The fourth-order valence-corrected chi connectivity index (χ4v) is 3.04. The van der Waals surface area contributed by atoms with Crippen LogP contribution >= 0.6 is 0 Å². The van der Waals surface area contributed by atoms with Crippen LogP contribution in [0.5, 0.6) is 0 Å². The van der Waals surface area contributed by atoms with Crippen LogP contribution in [-0.4, -0.2) is 66.1 Å². The minimum atomic E-state index is -1.34. The number of alkyl halides is 1. The lowest BCUT2D eigenvalue weighted by molar-refractivity contribution is -0.0629. The quantitative estimate of drug-likeness (QED) is 0.415. The molecule has 1 saturated heterocycles. The zero-order chi connectivity index (χ0) is 15.2. The molecule has 0 amide bonds. The van der Waals surface area contributed by atoms with E-state index in [-0.39, 0.29) is 5.57 Å². The first-order valence-electron chi connectivity index (χ1n) is 7.75. The van der Waals surface area contributed by atoms with Gasteiger partial charge in [-0.1, -0.05) is 6.08 Å². The van der Waals surface area contributed by atoms with E-state index in [1.165, 1.54) is 6.08 Å². The topological polar surface area (TPSA) is 82.0 Å². The molecule has 0 aromatic heterocycles. The molecule has 5 nitrogen and oxygen atoms in total. The molecule has 4 N–H and O–H groups in total. The maximum absolute atomic E-state index is 12.8. The molecular formula is C15H26FNO4. The number of ether oxygens (including phenoxy) is 1. The van der Waals surface area contributed by atoms with Crippen LogP contribution in [0.15, 0.2) is 11.6 Å². The van der Waals surface area contributed by atoms with Gasteiger partial charge in [-0.05, 0) is 43.7 Å². The van der Waals surface area contributed by atoms with Crippen molar-refractivity contribution in [3.63, 3.8) is 0 Å². The molecule has 122 valence electrons. The lowest BCUT2D eigenvalue weighted by Gasteiger charge is -2.34. The van der Waals surface area contributed by atoms with Crippen LogP contribution in [0.3, 0.4) is 0 Å². The van der Waals surface area contributed by atoms with Gasteiger partial charge < -0.3 is 25.4 Å². The molecule has 1 aliphatic carbocycles. The third-order valence-corrected chi connectivity index (χ3v) is 4.48. The van der Waals surface area contributed by atoms with Gasteiger partial charge in [0.2, 0.25) is 0 Å². The molecule has 0 radical (unpaired) electrons. The second-order valence-corrected chi connectivity index (χ2v) is 5.98. The Hall–Kier alpha value is -0.530. The summed E-state index contributed by atoms with van der Waals surface area (Å²) < 4.78 is 18.1. The van der Waals surface area contributed by atoms with Crippen molar-refractivity contribution in [1.29, 1.82) is 0 Å². The second-order valence-electron chi connectivity index (χ2n) is 5.98. The van der Waals surface area contributed by atoms with Crippen molar-refractivity contribution in [3.8, 4) is 0 Å². The first kappa shape index (κ1) is 16.8. The average molecular weight is 303 g/mol. The number of hydrogen-bond acceptors (Lipinski definition) is 5. The summed E-state index contributed by atoms with van der Waals surface area (Å²) in [5.74, 6) is 0.696. The standard InChI is InChI=1S/C15H26FNO4/c16-9-11-8-12(14(19)15(20)13(11)18)17-5-1-2-10-3-6-21-7-4-10/h8,10,12-15,17-20H,1-7,9H2/t12-,13+,14+,15+/m1/s1. The molecule has 0 saturated carbocycles. The largest absolute Gasteiger partial charge is 0.388 e. The van der Waals surface area contributed by atoms with Crippen LogP contribution in [0.25, 0.3) is 0 Å². The maximum atomic E-state index is 12.8. The van der Waals surface area contributed by atoms with Gasteiger partial charge in [0.1, 0.15) is 25.0 Å². The van der Waals surface area contributed by atoms with Crippen LogP contribution < -0.4 is 5.32 Å². The lowest BCUT2D eigenvalue weighted by atomic mass is 9.88. The molecule has 0 spiro atoms. The fraction of sp³-hybridized carbons (Fsp3) is 0.867. The normalized spacial score (nSPS) is 34.8. The van der Waals surface area contributed by atoms with Crippen molar-refractivity contribution in [2.75, 3.05) is 26.4 Å². The Morgan fingerprint density at radius 2 is 1.90 bits per heavy atom. The van der Waals surface area contributed by atoms with Gasteiger partial charge in [0.05, 0.1) is 6.04 Å². The van der Waals surface area contributed by atoms with Gasteiger partial charge in [0.15, 0.2) is 0 Å². The number of nitrogens with one attached hydrogen (secondary N) is 1. The Labute approximate surface area is 124 Å². The first-order chi connectivity index (χ1) is 10.1. The maximum Gasteiger partial charge on any atom is 0.113 e. The van der Waals surface area contributed by atoms with Gasteiger partial charge >= 0.3 is 0 Å². The highest BCUT2D eigenvalue weighted by Gasteiger charge is 2.36. The van der Waals surface area contributed by atoms with Gasteiger partial charge in [0, 0.05) is 13.2 Å². The van der Waals surface area contributed by atoms with Crippen LogP contribution in [-0.2, 0) is 4.74 Å². The molecule has 4 atom stereocenters. The van der Waals surface area contributed by atoms with Crippen molar-refractivity contribution in [2.45, 2.75) is 50.0 Å². The Balaban J connectivity index is 1.75. The minimum Gasteiger partial charge on any atom is -0.388 e. The van der Waals surface area contributed by atoms with Crippen molar-refractivity contribution < 1.29 is 24.4 Å². The summed E-state index contributed by atoms with van der Waals surface area (Å²) in [7, 11) is 0. The van der Waals surface area contributed by atoms with Crippen LogP contribution in [0, 0.1) is 5.92 Å². The van der Waals surface area contributed by atoms with Gasteiger partial charge in [-0.25, -0.2) is 4.39 Å². The molecule has 6 heteroatoms. The number of aliphatic hydroxyl groups excluding tert-OH is 3. The third-order valence-electron chi connectivity index (χ3n) is 4.48. The highest BCUT2D eigenvalue weighted by atomic mass is 19.1. The average Bonchev–Trinajstić information content (AvgIpc) is 2.52. The monoisotopic (exact) mass is 303 g/mol. The summed E-state index contributed by atoms with van der Waals surface area (Å²) >= 11 is 0. The van der Waals surface area contributed by atoms with Crippen LogP contribution in [0.1, 0.15) is 25.7 Å². The smallest absolute Gasteiger partial charge is 0.113 e. The van der Waals surface area contributed by atoms with Crippen LogP contribution in [0.4, 0.5) is 4.39 Å². The third kappa shape index (κ3) is 4.47. The van der Waals surface area contributed by atoms with E-state index >= 15 is 0 Å². The molecule has 1 fully saturated rings. The van der Waals surface area contributed by atoms with Crippen molar-refractivity contribution in [2.24, 2.45) is 5.92 Å². The second kappa shape index (κ2) is 8.19. The van der Waals surface area contributed by atoms with Gasteiger partial charge in [-0.3, -0.25) is 0 Å². The molecule has 0 unspecified atom stereocenters. The van der Waals surface area contributed by atoms with E-state index in [9.17, 15) is 19.7 Å². The Kier molecular flexibility index (Phi) is 6.57. The summed E-state index contributed by atoms with van der Waals surface area (Å²) in [5.41, 5.74) is 0.134. The summed E-state index contributed by atoms with van der Waals surface area (Å²) in [6, 6.07) is -0.510. The Morgan fingerprint density at radius 1 is 1.19 bits per heavy atom. The number of hydrogen-bond donors (Lipinski definition) is 4. The van der Waals surface area contributed by atoms with Crippen LogP contribution in [0.2, 0.25) is 0 Å². The zero-order valence-corrected chi connectivity index (χ0v) is 12.2. The first-order valence-corrected chi connectivity index (χ1v) is 7.75. The molecule has 1 aliphatic heterocycles. The molecule has 0 aromatic carbocycles. The van der Waals surface area contributed by atoms with E-state index in [0.717, 1.165) is 38.9 Å². The molecular weight excluding hydrogens is 277 g/mol. The summed E-state index contributed by atoms with van der Waals surface area (Å²) in [6.07, 6.45) is 2.00. The summed E-state index contributed by atoms with van der Waals surface area (Å²) in [5, 5.41) is 32.4. The van der Waals surface area contributed by atoms with E-state index in [2.05, 4.69) is 5.32 Å². The molecule has 2 aliphatic rings. The van der Waals surface area contributed by atoms with E-state index in [1.54, 1.807) is 0 Å². The number of aliphatic hydroxyl groups is 3. The molecule has 2 rings (SSSR count).